The zero-order valence-electron chi connectivity index (χ0n) is 24.1. The lowest BCUT2D eigenvalue weighted by molar-refractivity contribution is -0.232. The normalized spacial score (nSPS) is 18.6. The van der Waals surface area contributed by atoms with Crippen molar-refractivity contribution in [3.05, 3.63) is 84.1 Å². The van der Waals surface area contributed by atoms with Crippen molar-refractivity contribution in [2.24, 2.45) is 5.41 Å². The Bertz CT molecular complexity index is 1470. The van der Waals surface area contributed by atoms with E-state index in [1.807, 2.05) is 51.4 Å². The fourth-order valence-corrected chi connectivity index (χ4v) is 4.54. The molecule has 2 aromatic carbocycles. The summed E-state index contributed by atoms with van der Waals surface area (Å²) in [5, 5.41) is 6.25. The molecular weight excluding hydrogens is 537 g/mol. The van der Waals surface area contributed by atoms with Gasteiger partial charge in [-0.25, -0.2) is 19.3 Å². The van der Waals surface area contributed by atoms with Crippen LogP contribution >= 0.6 is 0 Å². The van der Waals surface area contributed by atoms with E-state index in [-0.39, 0.29) is 11.7 Å². The van der Waals surface area contributed by atoms with Crippen LogP contribution in [0.1, 0.15) is 24.6 Å². The van der Waals surface area contributed by atoms with E-state index in [0.29, 0.717) is 61.6 Å². The number of hydrogen-bond acceptors (Lipinski definition) is 8. The molecule has 11 heteroatoms. The number of amides is 1. The number of H-pyrrole nitrogens is 1. The third-order valence-electron chi connectivity index (χ3n) is 6.90. The first kappa shape index (κ1) is 29.3. The largest absolute Gasteiger partial charge is 0.355 e. The molecule has 0 bridgehead atoms. The second kappa shape index (κ2) is 13.2. The lowest BCUT2D eigenvalue weighted by Gasteiger charge is -2.36. The van der Waals surface area contributed by atoms with Gasteiger partial charge in [-0.3, -0.25) is 4.79 Å². The summed E-state index contributed by atoms with van der Waals surface area (Å²) in [5.74, 6) is 0.579. The average Bonchev–Trinajstić information content (AvgIpc) is 3.43. The Labute approximate surface area is 244 Å². The lowest BCUT2D eigenvalue weighted by atomic mass is 9.92. The minimum absolute atomic E-state index is 0.0513. The highest BCUT2D eigenvalue weighted by Crippen LogP contribution is 2.35. The number of aromatic nitrogens is 4. The number of nitrogens with zero attached hydrogens (tertiary/aromatic N) is 4. The number of aromatic amines is 1. The molecule has 0 unspecified atom stereocenters. The molecule has 42 heavy (non-hydrogen) atoms. The van der Waals surface area contributed by atoms with E-state index >= 15 is 0 Å². The number of likely N-dealkylation sites (N-methyl/N-ethyl adjacent to an activating group) is 1. The SMILES string of the molecule is CN(C)CCNc1nccc(-c2[nH]c(C3OCC(C)(CNC(=O)Cc4ccccc4)CO3)nc2-c2ccc(F)cc2)n1. The molecule has 4 aromatic rings. The van der Waals surface area contributed by atoms with E-state index in [1.54, 1.807) is 24.4 Å². The van der Waals surface area contributed by atoms with Gasteiger partial charge in [0, 0.05) is 36.8 Å². The van der Waals surface area contributed by atoms with Crippen molar-refractivity contribution in [2.75, 3.05) is 52.3 Å². The summed E-state index contributed by atoms with van der Waals surface area (Å²) in [6, 6.07) is 17.6. The van der Waals surface area contributed by atoms with E-state index in [1.165, 1.54) is 12.1 Å². The first-order valence-corrected chi connectivity index (χ1v) is 13.9. The van der Waals surface area contributed by atoms with Gasteiger partial charge in [0.1, 0.15) is 5.82 Å². The molecule has 220 valence electrons. The molecule has 1 saturated heterocycles. The summed E-state index contributed by atoms with van der Waals surface area (Å²) in [7, 11) is 4.00. The van der Waals surface area contributed by atoms with Gasteiger partial charge in [-0.2, -0.15) is 0 Å². The molecule has 1 aliphatic heterocycles. The quantitative estimate of drug-likeness (QED) is 0.246. The second-order valence-electron chi connectivity index (χ2n) is 11.1. The van der Waals surface area contributed by atoms with E-state index in [2.05, 4.69) is 30.5 Å². The van der Waals surface area contributed by atoms with Gasteiger partial charge in [0.2, 0.25) is 18.1 Å². The van der Waals surface area contributed by atoms with Crippen LogP contribution in [0.3, 0.4) is 0 Å². The maximum atomic E-state index is 13.7. The molecular formula is C31H36FN7O3. The van der Waals surface area contributed by atoms with Crippen LogP contribution in [0.2, 0.25) is 0 Å². The van der Waals surface area contributed by atoms with Crippen molar-refractivity contribution < 1.29 is 18.7 Å². The number of anilines is 1. The highest BCUT2D eigenvalue weighted by molar-refractivity contribution is 5.78. The van der Waals surface area contributed by atoms with Crippen LogP contribution in [0.5, 0.6) is 0 Å². The van der Waals surface area contributed by atoms with Crippen molar-refractivity contribution in [3.8, 4) is 22.6 Å². The van der Waals surface area contributed by atoms with Gasteiger partial charge in [-0.1, -0.05) is 37.3 Å². The summed E-state index contributed by atoms with van der Waals surface area (Å²) < 4.78 is 25.9. The molecule has 0 aliphatic carbocycles. The van der Waals surface area contributed by atoms with Gasteiger partial charge in [0.15, 0.2) is 5.82 Å². The molecule has 1 fully saturated rings. The maximum Gasteiger partial charge on any atom is 0.224 e. The molecule has 0 radical (unpaired) electrons. The van der Waals surface area contributed by atoms with Crippen molar-refractivity contribution in [2.45, 2.75) is 19.6 Å². The van der Waals surface area contributed by atoms with Crippen molar-refractivity contribution in [1.82, 2.24) is 30.2 Å². The Morgan fingerprint density at radius 2 is 1.81 bits per heavy atom. The predicted octanol–water partition coefficient (Wildman–Crippen LogP) is 4.06. The molecule has 0 spiro atoms. The predicted molar refractivity (Wildman–Crippen MR) is 158 cm³/mol. The number of carbonyl (C=O) groups is 1. The number of halogens is 1. The number of imidazole rings is 1. The smallest absolute Gasteiger partial charge is 0.224 e. The van der Waals surface area contributed by atoms with Gasteiger partial charge in [-0.15, -0.1) is 0 Å². The standard InChI is InChI=1S/C31H36FN7O3/c1-31(18-35-25(40)17-21-7-5-4-6-8-21)19-41-29(42-20-31)28-37-26(22-9-11-23(32)12-10-22)27(38-28)24-13-14-33-30(36-24)34-15-16-39(2)3/h4-14,29H,15-20H2,1-3H3,(H,35,40)(H,37,38)(H,33,34,36). The fraction of sp³-hybridized carbons (Fsp3) is 0.355. The number of carbonyl (C=O) groups excluding carboxylic acids is 1. The third kappa shape index (κ3) is 7.55. The van der Waals surface area contributed by atoms with Crippen LogP contribution in [0.15, 0.2) is 66.9 Å². The zero-order chi connectivity index (χ0) is 29.5. The van der Waals surface area contributed by atoms with Crippen molar-refractivity contribution >= 4 is 11.9 Å². The molecule has 3 N–H and O–H groups in total. The van der Waals surface area contributed by atoms with Crippen LogP contribution in [0, 0.1) is 11.2 Å². The van der Waals surface area contributed by atoms with Crippen LogP contribution in [0.25, 0.3) is 22.6 Å². The van der Waals surface area contributed by atoms with Gasteiger partial charge < -0.3 is 30.0 Å². The molecule has 2 aromatic heterocycles. The van der Waals surface area contributed by atoms with E-state index < -0.39 is 11.7 Å². The number of nitrogens with one attached hydrogen (secondary N) is 3. The highest BCUT2D eigenvalue weighted by Gasteiger charge is 2.35. The minimum Gasteiger partial charge on any atom is -0.355 e. The van der Waals surface area contributed by atoms with Gasteiger partial charge in [-0.05, 0) is 50.0 Å². The van der Waals surface area contributed by atoms with Crippen molar-refractivity contribution in [3.63, 3.8) is 0 Å². The van der Waals surface area contributed by atoms with Crippen LogP contribution in [-0.4, -0.2) is 77.7 Å². The van der Waals surface area contributed by atoms with Crippen molar-refractivity contribution in [1.29, 1.82) is 0 Å². The lowest BCUT2D eigenvalue weighted by Crippen LogP contribution is -2.45. The van der Waals surface area contributed by atoms with E-state index in [4.69, 9.17) is 14.5 Å². The molecule has 3 heterocycles. The fourth-order valence-electron chi connectivity index (χ4n) is 4.54. The first-order valence-electron chi connectivity index (χ1n) is 13.9. The summed E-state index contributed by atoms with van der Waals surface area (Å²) >= 11 is 0. The van der Waals surface area contributed by atoms with E-state index in [0.717, 1.165) is 17.7 Å². The molecule has 1 aliphatic rings. The molecule has 1 amide bonds. The first-order chi connectivity index (χ1) is 20.3. The second-order valence-corrected chi connectivity index (χ2v) is 11.1. The Morgan fingerprint density at radius 1 is 1.07 bits per heavy atom. The Kier molecular flexibility index (Phi) is 9.21. The minimum atomic E-state index is -0.745. The summed E-state index contributed by atoms with van der Waals surface area (Å²) in [6.07, 6.45) is 1.25. The number of rotatable bonds is 11. The number of ether oxygens (including phenoxy) is 2. The maximum absolute atomic E-state index is 13.7. The molecule has 10 nitrogen and oxygen atoms in total. The molecule has 0 saturated carbocycles. The molecule has 5 rings (SSSR count). The Morgan fingerprint density at radius 3 is 2.52 bits per heavy atom. The van der Waals surface area contributed by atoms with Gasteiger partial charge in [0.25, 0.3) is 0 Å². The van der Waals surface area contributed by atoms with Gasteiger partial charge >= 0.3 is 0 Å². The van der Waals surface area contributed by atoms with Gasteiger partial charge in [0.05, 0.1) is 36.7 Å². The number of hydrogen-bond donors (Lipinski definition) is 3. The third-order valence-corrected chi connectivity index (χ3v) is 6.90. The zero-order valence-corrected chi connectivity index (χ0v) is 24.1. The number of benzene rings is 2. The topological polar surface area (TPSA) is 117 Å². The Balaban J connectivity index is 1.29. The average molecular weight is 574 g/mol. The summed E-state index contributed by atoms with van der Waals surface area (Å²) in [6.45, 7) is 4.66. The van der Waals surface area contributed by atoms with Crippen LogP contribution in [-0.2, 0) is 20.7 Å². The summed E-state index contributed by atoms with van der Waals surface area (Å²) in [4.78, 5) is 31.7. The Hall–Kier alpha value is -4.19. The highest BCUT2D eigenvalue weighted by atomic mass is 19.1. The monoisotopic (exact) mass is 573 g/mol. The van der Waals surface area contributed by atoms with Crippen LogP contribution < -0.4 is 10.6 Å². The van der Waals surface area contributed by atoms with Crippen LogP contribution in [0.4, 0.5) is 10.3 Å². The summed E-state index contributed by atoms with van der Waals surface area (Å²) in [5.41, 5.74) is 3.13. The van der Waals surface area contributed by atoms with E-state index in [9.17, 15) is 9.18 Å². The molecule has 0 atom stereocenters.